The fourth-order valence-corrected chi connectivity index (χ4v) is 4.51. The van der Waals surface area contributed by atoms with Crippen LogP contribution in [-0.2, 0) is 16.1 Å². The Kier molecular flexibility index (Phi) is 5.24. The molecule has 2 amide bonds. The minimum absolute atomic E-state index is 0.0126. The third-order valence-corrected chi connectivity index (χ3v) is 5.80. The Labute approximate surface area is 145 Å². The maximum absolute atomic E-state index is 12.8. The van der Waals surface area contributed by atoms with E-state index in [-0.39, 0.29) is 17.9 Å². The second-order valence-corrected chi connectivity index (χ2v) is 8.00. The van der Waals surface area contributed by atoms with Crippen LogP contribution in [0.4, 0.5) is 0 Å². The molecule has 0 N–H and O–H groups in total. The highest BCUT2D eigenvalue weighted by Gasteiger charge is 2.37. The number of thiophene rings is 1. The van der Waals surface area contributed by atoms with Crippen molar-refractivity contribution in [3.05, 3.63) is 21.3 Å². The molecule has 1 aromatic rings. The molecule has 0 bridgehead atoms. The Morgan fingerprint density at radius 1 is 1.22 bits per heavy atom. The molecule has 3 rings (SSSR count). The number of likely N-dealkylation sites (tertiary alicyclic amines) is 1. The van der Waals surface area contributed by atoms with E-state index >= 15 is 0 Å². The first-order chi connectivity index (χ1) is 11.0. The first-order valence-electron chi connectivity index (χ1n) is 8.07. The highest BCUT2D eigenvalue weighted by Crippen LogP contribution is 2.24. The topological polar surface area (TPSA) is 43.9 Å². The first kappa shape index (κ1) is 16.7. The van der Waals surface area contributed by atoms with E-state index in [2.05, 4.69) is 4.90 Å². The number of hydrogen-bond donors (Lipinski definition) is 0. The van der Waals surface area contributed by atoms with Gasteiger partial charge in [0.05, 0.1) is 4.34 Å². The molecule has 7 heteroatoms. The molecule has 0 aliphatic carbocycles. The highest BCUT2D eigenvalue weighted by atomic mass is 35.5. The van der Waals surface area contributed by atoms with Crippen molar-refractivity contribution in [3.8, 4) is 0 Å². The Hall–Kier alpha value is -1.11. The van der Waals surface area contributed by atoms with Gasteiger partial charge in [-0.1, -0.05) is 11.6 Å². The molecule has 0 saturated carbocycles. The summed E-state index contributed by atoms with van der Waals surface area (Å²) in [6, 6.07) is 3.58. The molecule has 2 fully saturated rings. The summed E-state index contributed by atoms with van der Waals surface area (Å²) in [5.41, 5.74) is 0. The molecular weight excluding hydrogens is 334 g/mol. The Morgan fingerprint density at radius 3 is 2.57 bits per heavy atom. The molecular formula is C16H22ClN3O2S. The number of carbonyl (C=O) groups excluding carboxylic acids is 2. The standard InChI is InChI=1S/C16H22ClN3O2S/c1-12(21)20-9-8-18(10-13-4-5-15(17)23-13)11-14(20)16(22)19-6-2-3-7-19/h4-5,14H,2-3,6-11H2,1H3. The summed E-state index contributed by atoms with van der Waals surface area (Å²) < 4.78 is 0.784. The Morgan fingerprint density at radius 2 is 1.96 bits per heavy atom. The predicted molar refractivity (Wildman–Crippen MR) is 91.6 cm³/mol. The second-order valence-electron chi connectivity index (χ2n) is 6.20. The fourth-order valence-electron chi connectivity index (χ4n) is 3.38. The normalized spacial score (nSPS) is 22.6. The number of piperazine rings is 1. The molecule has 2 aliphatic heterocycles. The third kappa shape index (κ3) is 3.87. The van der Waals surface area contributed by atoms with Gasteiger partial charge in [0.2, 0.25) is 11.8 Å². The van der Waals surface area contributed by atoms with Crippen LogP contribution in [0, 0.1) is 0 Å². The molecule has 1 aromatic heterocycles. The zero-order valence-corrected chi connectivity index (χ0v) is 14.9. The zero-order valence-electron chi connectivity index (χ0n) is 13.3. The number of amides is 2. The summed E-state index contributed by atoms with van der Waals surface area (Å²) in [6.07, 6.45) is 2.13. The number of nitrogens with zero attached hydrogens (tertiary/aromatic N) is 3. The van der Waals surface area contributed by atoms with Gasteiger partial charge < -0.3 is 9.80 Å². The van der Waals surface area contributed by atoms with Gasteiger partial charge in [0, 0.05) is 51.1 Å². The second kappa shape index (κ2) is 7.20. The van der Waals surface area contributed by atoms with Crippen molar-refractivity contribution in [2.45, 2.75) is 32.4 Å². The van der Waals surface area contributed by atoms with E-state index in [1.165, 1.54) is 4.88 Å². The van der Waals surface area contributed by atoms with E-state index in [0.29, 0.717) is 13.1 Å². The monoisotopic (exact) mass is 355 g/mol. The Bertz CT molecular complexity index is 586. The lowest BCUT2D eigenvalue weighted by Gasteiger charge is -2.41. The first-order valence-corrected chi connectivity index (χ1v) is 9.26. The summed E-state index contributed by atoms with van der Waals surface area (Å²) in [7, 11) is 0. The van der Waals surface area contributed by atoms with Crippen LogP contribution in [-0.4, -0.2) is 65.3 Å². The van der Waals surface area contributed by atoms with Gasteiger partial charge in [0.15, 0.2) is 0 Å². The van der Waals surface area contributed by atoms with Gasteiger partial charge in [-0.3, -0.25) is 14.5 Å². The van der Waals surface area contributed by atoms with Crippen LogP contribution >= 0.6 is 22.9 Å². The molecule has 5 nitrogen and oxygen atoms in total. The molecule has 1 atom stereocenters. The van der Waals surface area contributed by atoms with Gasteiger partial charge in [-0.2, -0.15) is 0 Å². The van der Waals surface area contributed by atoms with E-state index in [4.69, 9.17) is 11.6 Å². The summed E-state index contributed by atoms with van der Waals surface area (Å²) in [5.74, 6) is 0.0907. The number of hydrogen-bond acceptors (Lipinski definition) is 4. The van der Waals surface area contributed by atoms with Crippen molar-refractivity contribution in [3.63, 3.8) is 0 Å². The van der Waals surface area contributed by atoms with Gasteiger partial charge >= 0.3 is 0 Å². The lowest BCUT2D eigenvalue weighted by atomic mass is 10.1. The average Bonchev–Trinajstić information content (AvgIpc) is 3.18. The van der Waals surface area contributed by atoms with E-state index < -0.39 is 0 Å². The quantitative estimate of drug-likeness (QED) is 0.833. The minimum Gasteiger partial charge on any atom is -0.341 e. The lowest BCUT2D eigenvalue weighted by molar-refractivity contribution is -0.147. The molecule has 2 saturated heterocycles. The largest absolute Gasteiger partial charge is 0.341 e. The average molecular weight is 356 g/mol. The summed E-state index contributed by atoms with van der Waals surface area (Å²) in [5, 5.41) is 0. The SMILES string of the molecule is CC(=O)N1CCN(Cc2ccc(Cl)s2)CC1C(=O)N1CCCC1. The summed E-state index contributed by atoms with van der Waals surface area (Å²) in [4.78, 5) is 31.8. The fraction of sp³-hybridized carbons (Fsp3) is 0.625. The minimum atomic E-state index is -0.352. The van der Waals surface area contributed by atoms with Crippen LogP contribution in [0.1, 0.15) is 24.6 Å². The van der Waals surface area contributed by atoms with Crippen LogP contribution in [0.2, 0.25) is 4.34 Å². The molecule has 0 aromatic carbocycles. The van der Waals surface area contributed by atoms with Crippen molar-refractivity contribution in [1.29, 1.82) is 0 Å². The zero-order chi connectivity index (χ0) is 16.4. The van der Waals surface area contributed by atoms with Gasteiger partial charge in [0.25, 0.3) is 0 Å². The lowest BCUT2D eigenvalue weighted by Crippen LogP contribution is -2.60. The van der Waals surface area contributed by atoms with Crippen molar-refractivity contribution in [1.82, 2.24) is 14.7 Å². The third-order valence-electron chi connectivity index (χ3n) is 4.58. The molecule has 126 valence electrons. The van der Waals surface area contributed by atoms with E-state index in [1.54, 1.807) is 23.2 Å². The van der Waals surface area contributed by atoms with Crippen molar-refractivity contribution >= 4 is 34.8 Å². The van der Waals surface area contributed by atoms with Crippen molar-refractivity contribution in [2.75, 3.05) is 32.7 Å². The summed E-state index contributed by atoms with van der Waals surface area (Å²) in [6.45, 7) is 5.98. The smallest absolute Gasteiger partial charge is 0.246 e. The number of halogens is 1. The van der Waals surface area contributed by atoms with Crippen LogP contribution < -0.4 is 0 Å². The van der Waals surface area contributed by atoms with Gasteiger partial charge in [-0.25, -0.2) is 0 Å². The molecule has 1 unspecified atom stereocenters. The molecule has 0 radical (unpaired) electrons. The van der Waals surface area contributed by atoms with Crippen LogP contribution in [0.5, 0.6) is 0 Å². The summed E-state index contributed by atoms with van der Waals surface area (Å²) >= 11 is 7.57. The van der Waals surface area contributed by atoms with E-state index in [1.807, 2.05) is 17.0 Å². The van der Waals surface area contributed by atoms with Crippen LogP contribution in [0.3, 0.4) is 0 Å². The number of rotatable bonds is 3. The molecule has 3 heterocycles. The Balaban J connectivity index is 1.69. The van der Waals surface area contributed by atoms with Gasteiger partial charge in [-0.15, -0.1) is 11.3 Å². The van der Waals surface area contributed by atoms with Crippen LogP contribution in [0.25, 0.3) is 0 Å². The van der Waals surface area contributed by atoms with E-state index in [0.717, 1.165) is 43.4 Å². The van der Waals surface area contributed by atoms with Gasteiger partial charge in [-0.05, 0) is 25.0 Å². The maximum atomic E-state index is 12.8. The van der Waals surface area contributed by atoms with Crippen molar-refractivity contribution in [2.24, 2.45) is 0 Å². The highest BCUT2D eigenvalue weighted by molar-refractivity contribution is 7.16. The predicted octanol–water partition coefficient (Wildman–Crippen LogP) is 2.06. The van der Waals surface area contributed by atoms with Crippen LogP contribution in [0.15, 0.2) is 12.1 Å². The molecule has 23 heavy (non-hydrogen) atoms. The van der Waals surface area contributed by atoms with Gasteiger partial charge in [0.1, 0.15) is 6.04 Å². The molecule has 0 spiro atoms. The number of carbonyl (C=O) groups is 2. The maximum Gasteiger partial charge on any atom is 0.246 e. The molecule has 2 aliphatic rings. The van der Waals surface area contributed by atoms with Crippen molar-refractivity contribution < 1.29 is 9.59 Å². The van der Waals surface area contributed by atoms with E-state index in [9.17, 15) is 9.59 Å².